The third-order valence-electron chi connectivity index (χ3n) is 2.15. The summed E-state index contributed by atoms with van der Waals surface area (Å²) in [5.41, 5.74) is 1.07. The van der Waals surface area contributed by atoms with Crippen molar-refractivity contribution in [2.24, 2.45) is 0 Å². The number of aliphatic hydroxyl groups excluding tert-OH is 1. The van der Waals surface area contributed by atoms with Gasteiger partial charge in [-0.25, -0.2) is 0 Å². The largest absolute Gasteiger partial charge is 0.395 e. The van der Waals surface area contributed by atoms with Crippen molar-refractivity contribution in [1.29, 1.82) is 0 Å². The molecule has 0 aromatic carbocycles. The molecule has 2 nitrogen and oxygen atoms in total. The molecule has 0 amide bonds. The molecule has 0 aliphatic carbocycles. The first-order chi connectivity index (χ1) is 7.76. The predicted molar refractivity (Wildman–Crippen MR) is 69.5 cm³/mol. The van der Waals surface area contributed by atoms with E-state index in [4.69, 9.17) is 5.11 Å². The fraction of sp³-hybridized carbons (Fsp3) is 0.538. The van der Waals surface area contributed by atoms with E-state index in [2.05, 4.69) is 42.2 Å². The van der Waals surface area contributed by atoms with E-state index in [-0.39, 0.29) is 6.61 Å². The third-order valence-corrected chi connectivity index (χ3v) is 3.08. The number of nitrogens with zero attached hydrogens (tertiary/aromatic N) is 1. The second kappa shape index (κ2) is 7.45. The number of hydrogen-bond donors (Lipinski definition) is 1. The molecule has 1 rings (SSSR count). The second-order valence-corrected chi connectivity index (χ2v) is 4.81. The van der Waals surface area contributed by atoms with E-state index >= 15 is 0 Å². The fourth-order valence-corrected chi connectivity index (χ4v) is 2.37. The lowest BCUT2D eigenvalue weighted by molar-refractivity contribution is 0.305. The molecular formula is C13H19NOS. The van der Waals surface area contributed by atoms with Gasteiger partial charge in [0.05, 0.1) is 6.61 Å². The number of hydrogen-bond acceptors (Lipinski definition) is 3. The molecule has 0 unspecified atom stereocenters. The minimum absolute atomic E-state index is 0.142. The SMILES string of the molecule is CCCN(C)Cc1cc(C#CCCO)cs1. The lowest BCUT2D eigenvalue weighted by Gasteiger charge is -2.13. The van der Waals surface area contributed by atoms with Gasteiger partial charge in [-0.2, -0.15) is 0 Å². The Kier molecular flexibility index (Phi) is 6.17. The van der Waals surface area contributed by atoms with E-state index in [1.807, 2.05) is 0 Å². The first-order valence-corrected chi connectivity index (χ1v) is 6.50. The van der Waals surface area contributed by atoms with Gasteiger partial charge in [0.15, 0.2) is 0 Å². The van der Waals surface area contributed by atoms with Crippen molar-refractivity contribution in [1.82, 2.24) is 4.90 Å². The first-order valence-electron chi connectivity index (χ1n) is 5.62. The quantitative estimate of drug-likeness (QED) is 0.795. The van der Waals surface area contributed by atoms with Crippen LogP contribution in [0.5, 0.6) is 0 Å². The molecule has 1 aromatic rings. The van der Waals surface area contributed by atoms with Gasteiger partial charge in [-0.1, -0.05) is 18.8 Å². The van der Waals surface area contributed by atoms with Gasteiger partial charge in [0.25, 0.3) is 0 Å². The van der Waals surface area contributed by atoms with Crippen LogP contribution >= 0.6 is 11.3 Å². The molecule has 3 heteroatoms. The summed E-state index contributed by atoms with van der Waals surface area (Å²) in [5.74, 6) is 5.99. The monoisotopic (exact) mass is 237 g/mol. The van der Waals surface area contributed by atoms with Crippen LogP contribution in [0.2, 0.25) is 0 Å². The Morgan fingerprint density at radius 1 is 1.50 bits per heavy atom. The van der Waals surface area contributed by atoms with Crippen LogP contribution in [0.3, 0.4) is 0 Å². The third kappa shape index (κ3) is 4.80. The van der Waals surface area contributed by atoms with E-state index in [1.165, 1.54) is 11.3 Å². The highest BCUT2D eigenvalue weighted by molar-refractivity contribution is 7.10. The van der Waals surface area contributed by atoms with Crippen LogP contribution < -0.4 is 0 Å². The molecule has 0 fully saturated rings. The highest BCUT2D eigenvalue weighted by atomic mass is 32.1. The molecular weight excluding hydrogens is 218 g/mol. The summed E-state index contributed by atoms with van der Waals surface area (Å²) in [6, 6.07) is 2.14. The molecule has 16 heavy (non-hydrogen) atoms. The van der Waals surface area contributed by atoms with Crippen molar-refractivity contribution in [3.63, 3.8) is 0 Å². The summed E-state index contributed by atoms with van der Waals surface area (Å²) in [6.07, 6.45) is 1.74. The Labute approximate surface area is 102 Å². The molecule has 0 bridgehead atoms. The van der Waals surface area contributed by atoms with Crippen LogP contribution in [0.1, 0.15) is 30.2 Å². The van der Waals surface area contributed by atoms with Crippen molar-refractivity contribution in [3.8, 4) is 11.8 Å². The maximum Gasteiger partial charge on any atom is 0.0540 e. The van der Waals surface area contributed by atoms with Gasteiger partial charge in [-0.05, 0) is 26.1 Å². The zero-order valence-corrected chi connectivity index (χ0v) is 10.8. The van der Waals surface area contributed by atoms with Gasteiger partial charge in [0.2, 0.25) is 0 Å². The zero-order valence-electron chi connectivity index (χ0n) is 9.99. The Balaban J connectivity index is 2.49. The van der Waals surface area contributed by atoms with E-state index < -0.39 is 0 Å². The second-order valence-electron chi connectivity index (χ2n) is 3.81. The topological polar surface area (TPSA) is 23.5 Å². The summed E-state index contributed by atoms with van der Waals surface area (Å²) in [7, 11) is 2.14. The highest BCUT2D eigenvalue weighted by Gasteiger charge is 2.01. The van der Waals surface area contributed by atoms with Crippen LogP contribution in [0.4, 0.5) is 0 Å². The van der Waals surface area contributed by atoms with Crippen LogP contribution in [-0.4, -0.2) is 30.2 Å². The molecule has 1 aromatic heterocycles. The zero-order chi connectivity index (χ0) is 11.8. The molecule has 0 saturated heterocycles. The molecule has 0 radical (unpaired) electrons. The molecule has 0 atom stereocenters. The minimum atomic E-state index is 0.142. The predicted octanol–water partition coefficient (Wildman–Crippen LogP) is 2.32. The molecule has 0 saturated carbocycles. The van der Waals surface area contributed by atoms with Gasteiger partial charge in [0.1, 0.15) is 0 Å². The summed E-state index contributed by atoms with van der Waals surface area (Å²) in [4.78, 5) is 3.67. The maximum absolute atomic E-state index is 8.62. The molecule has 0 aliphatic rings. The van der Waals surface area contributed by atoms with Gasteiger partial charge in [0, 0.05) is 28.8 Å². The first kappa shape index (κ1) is 13.2. The number of aliphatic hydroxyl groups is 1. The molecule has 88 valence electrons. The Bertz CT molecular complexity index is 361. The molecule has 0 spiro atoms. The van der Waals surface area contributed by atoms with Crippen LogP contribution in [-0.2, 0) is 6.54 Å². The Hall–Kier alpha value is -0.820. The summed E-state index contributed by atoms with van der Waals surface area (Å²) < 4.78 is 0. The van der Waals surface area contributed by atoms with E-state index in [1.54, 1.807) is 11.3 Å². The average molecular weight is 237 g/mol. The van der Waals surface area contributed by atoms with Crippen molar-refractivity contribution in [2.45, 2.75) is 26.3 Å². The number of rotatable bonds is 5. The van der Waals surface area contributed by atoms with E-state index in [9.17, 15) is 0 Å². The fourth-order valence-electron chi connectivity index (χ4n) is 1.48. The van der Waals surface area contributed by atoms with Gasteiger partial charge < -0.3 is 10.0 Å². The molecule has 0 aliphatic heterocycles. The van der Waals surface area contributed by atoms with Crippen molar-refractivity contribution in [2.75, 3.05) is 20.2 Å². The minimum Gasteiger partial charge on any atom is -0.395 e. The maximum atomic E-state index is 8.62. The molecule has 1 heterocycles. The Morgan fingerprint density at radius 2 is 2.31 bits per heavy atom. The highest BCUT2D eigenvalue weighted by Crippen LogP contribution is 2.15. The van der Waals surface area contributed by atoms with Crippen molar-refractivity contribution < 1.29 is 5.11 Å². The van der Waals surface area contributed by atoms with Crippen molar-refractivity contribution >= 4 is 11.3 Å². The summed E-state index contributed by atoms with van der Waals surface area (Å²) >= 11 is 1.76. The number of thiophene rings is 1. The summed E-state index contributed by atoms with van der Waals surface area (Å²) in [6.45, 7) is 4.46. The van der Waals surface area contributed by atoms with Crippen molar-refractivity contribution in [3.05, 3.63) is 21.9 Å². The summed E-state index contributed by atoms with van der Waals surface area (Å²) in [5, 5.41) is 10.7. The van der Waals surface area contributed by atoms with Crippen LogP contribution in [0.25, 0.3) is 0 Å². The smallest absolute Gasteiger partial charge is 0.0540 e. The van der Waals surface area contributed by atoms with E-state index in [0.717, 1.165) is 18.7 Å². The van der Waals surface area contributed by atoms with Gasteiger partial charge in [-0.3, -0.25) is 0 Å². The normalized spacial score (nSPS) is 10.2. The van der Waals surface area contributed by atoms with Gasteiger partial charge in [-0.15, -0.1) is 11.3 Å². The van der Waals surface area contributed by atoms with Crippen LogP contribution in [0.15, 0.2) is 11.4 Å². The average Bonchev–Trinajstić information content (AvgIpc) is 2.66. The van der Waals surface area contributed by atoms with Crippen LogP contribution in [0, 0.1) is 11.8 Å². The van der Waals surface area contributed by atoms with Gasteiger partial charge >= 0.3 is 0 Å². The standard InChI is InChI=1S/C13H19NOS/c1-3-7-14(2)10-13-9-12(11-16-13)6-4-5-8-15/h9,11,15H,3,5,7-8,10H2,1-2H3. The van der Waals surface area contributed by atoms with E-state index in [0.29, 0.717) is 6.42 Å². The molecule has 1 N–H and O–H groups in total. The lowest BCUT2D eigenvalue weighted by atomic mass is 10.3. The lowest BCUT2D eigenvalue weighted by Crippen LogP contribution is -2.17. The Morgan fingerprint density at radius 3 is 3.00 bits per heavy atom.